The highest BCUT2D eigenvalue weighted by Crippen LogP contribution is 2.35. The van der Waals surface area contributed by atoms with E-state index in [1.54, 1.807) is 0 Å². The summed E-state index contributed by atoms with van der Waals surface area (Å²) in [4.78, 5) is 2.05. The summed E-state index contributed by atoms with van der Waals surface area (Å²) in [7, 11) is 0. The highest BCUT2D eigenvalue weighted by atomic mass is 79.9. The molecule has 0 unspecified atom stereocenters. The SMILES string of the molecule is CCCN(CCCN)c1ccc(C(F)(F)F)cc1Br. The minimum absolute atomic E-state index is 0.466. The van der Waals surface area contributed by atoms with Crippen LogP contribution in [0.25, 0.3) is 0 Å². The number of alkyl halides is 3. The number of anilines is 1. The molecule has 0 spiro atoms. The molecule has 0 aliphatic rings. The zero-order chi connectivity index (χ0) is 14.5. The van der Waals surface area contributed by atoms with Crippen LogP contribution in [0.4, 0.5) is 18.9 Å². The van der Waals surface area contributed by atoms with E-state index >= 15 is 0 Å². The molecule has 1 aromatic carbocycles. The van der Waals surface area contributed by atoms with E-state index in [9.17, 15) is 13.2 Å². The monoisotopic (exact) mass is 338 g/mol. The molecule has 1 aromatic rings. The van der Waals surface area contributed by atoms with E-state index in [-0.39, 0.29) is 0 Å². The fraction of sp³-hybridized carbons (Fsp3) is 0.538. The first kappa shape index (κ1) is 16.3. The summed E-state index contributed by atoms with van der Waals surface area (Å²) in [6, 6.07) is 3.75. The lowest BCUT2D eigenvalue weighted by molar-refractivity contribution is -0.137. The second-order valence-corrected chi connectivity index (χ2v) is 5.15. The van der Waals surface area contributed by atoms with Crippen LogP contribution in [-0.2, 0) is 6.18 Å². The second-order valence-electron chi connectivity index (χ2n) is 4.29. The van der Waals surface area contributed by atoms with Gasteiger partial charge in [0.1, 0.15) is 0 Å². The summed E-state index contributed by atoms with van der Waals surface area (Å²) in [5.41, 5.74) is 5.62. The maximum atomic E-state index is 12.6. The van der Waals surface area contributed by atoms with Crippen molar-refractivity contribution in [3.05, 3.63) is 28.2 Å². The smallest absolute Gasteiger partial charge is 0.371 e. The van der Waals surface area contributed by atoms with Crippen molar-refractivity contribution in [1.29, 1.82) is 0 Å². The Morgan fingerprint density at radius 2 is 1.95 bits per heavy atom. The van der Waals surface area contributed by atoms with Crippen molar-refractivity contribution in [3.8, 4) is 0 Å². The van der Waals surface area contributed by atoms with Crippen LogP contribution in [-0.4, -0.2) is 19.6 Å². The van der Waals surface area contributed by atoms with Crippen molar-refractivity contribution < 1.29 is 13.2 Å². The zero-order valence-electron chi connectivity index (χ0n) is 10.8. The summed E-state index contributed by atoms with van der Waals surface area (Å²) >= 11 is 3.23. The van der Waals surface area contributed by atoms with Crippen LogP contribution >= 0.6 is 15.9 Å². The minimum Gasteiger partial charge on any atom is -0.371 e. The predicted molar refractivity (Wildman–Crippen MR) is 75.3 cm³/mol. The quantitative estimate of drug-likeness (QED) is 0.848. The van der Waals surface area contributed by atoms with Crippen molar-refractivity contribution >= 4 is 21.6 Å². The first-order valence-corrected chi connectivity index (χ1v) is 7.01. The Morgan fingerprint density at radius 1 is 1.26 bits per heavy atom. The molecular weight excluding hydrogens is 321 g/mol. The van der Waals surface area contributed by atoms with Gasteiger partial charge in [0.2, 0.25) is 0 Å². The average Bonchev–Trinajstić information content (AvgIpc) is 2.33. The zero-order valence-corrected chi connectivity index (χ0v) is 12.4. The first-order chi connectivity index (χ1) is 8.90. The van der Waals surface area contributed by atoms with Gasteiger partial charge in [0.05, 0.1) is 11.3 Å². The molecule has 0 fully saturated rings. The molecule has 0 aliphatic heterocycles. The molecule has 0 saturated carbocycles. The fourth-order valence-electron chi connectivity index (χ4n) is 1.84. The Labute approximate surface area is 119 Å². The van der Waals surface area contributed by atoms with Crippen LogP contribution in [0.1, 0.15) is 25.3 Å². The number of hydrogen-bond acceptors (Lipinski definition) is 2. The van der Waals surface area contributed by atoms with Gasteiger partial charge < -0.3 is 10.6 Å². The molecule has 0 bridgehead atoms. The molecule has 19 heavy (non-hydrogen) atoms. The molecule has 0 heterocycles. The molecule has 2 nitrogen and oxygen atoms in total. The van der Waals surface area contributed by atoms with Gasteiger partial charge in [-0.15, -0.1) is 0 Å². The summed E-state index contributed by atoms with van der Waals surface area (Å²) in [5, 5.41) is 0. The third-order valence-corrected chi connectivity index (χ3v) is 3.38. The number of halogens is 4. The van der Waals surface area contributed by atoms with Gasteiger partial charge in [0.25, 0.3) is 0 Å². The third-order valence-electron chi connectivity index (χ3n) is 2.74. The maximum Gasteiger partial charge on any atom is 0.416 e. The van der Waals surface area contributed by atoms with Crippen LogP contribution in [0.3, 0.4) is 0 Å². The summed E-state index contributed by atoms with van der Waals surface area (Å²) in [6.45, 7) is 4.14. The second kappa shape index (κ2) is 7.14. The Balaban J connectivity index is 2.97. The highest BCUT2D eigenvalue weighted by molar-refractivity contribution is 9.10. The summed E-state index contributed by atoms with van der Waals surface area (Å²) < 4.78 is 38.3. The summed E-state index contributed by atoms with van der Waals surface area (Å²) in [6.07, 6.45) is -2.57. The van der Waals surface area contributed by atoms with Gasteiger partial charge in [-0.1, -0.05) is 6.92 Å². The van der Waals surface area contributed by atoms with Gasteiger partial charge in [-0.3, -0.25) is 0 Å². The van der Waals surface area contributed by atoms with Gasteiger partial charge in [-0.05, 0) is 53.5 Å². The number of rotatable bonds is 6. The lowest BCUT2D eigenvalue weighted by Crippen LogP contribution is -2.27. The highest BCUT2D eigenvalue weighted by Gasteiger charge is 2.31. The van der Waals surface area contributed by atoms with Gasteiger partial charge in [0.15, 0.2) is 0 Å². The average molecular weight is 339 g/mol. The van der Waals surface area contributed by atoms with Gasteiger partial charge in [-0.2, -0.15) is 13.2 Å². The molecule has 108 valence electrons. The molecule has 0 amide bonds. The normalized spacial score (nSPS) is 11.7. The Hall–Kier alpha value is -0.750. The van der Waals surface area contributed by atoms with E-state index in [0.29, 0.717) is 11.0 Å². The largest absolute Gasteiger partial charge is 0.416 e. The van der Waals surface area contributed by atoms with Crippen molar-refractivity contribution in [1.82, 2.24) is 0 Å². The van der Waals surface area contributed by atoms with Crippen molar-refractivity contribution in [3.63, 3.8) is 0 Å². The van der Waals surface area contributed by atoms with Crippen molar-refractivity contribution in [2.45, 2.75) is 25.9 Å². The topological polar surface area (TPSA) is 29.3 Å². The Morgan fingerprint density at radius 3 is 2.42 bits per heavy atom. The molecule has 0 saturated heterocycles. The third kappa shape index (κ3) is 4.69. The van der Waals surface area contributed by atoms with Crippen LogP contribution in [0.5, 0.6) is 0 Å². The van der Waals surface area contributed by atoms with Crippen LogP contribution in [0.2, 0.25) is 0 Å². The Bertz CT molecular complexity index is 407. The van der Waals surface area contributed by atoms with Crippen LogP contribution in [0, 0.1) is 0 Å². The van der Waals surface area contributed by atoms with Gasteiger partial charge >= 0.3 is 6.18 Å². The van der Waals surface area contributed by atoms with E-state index in [1.807, 2.05) is 6.92 Å². The van der Waals surface area contributed by atoms with Gasteiger partial charge in [0, 0.05) is 17.6 Å². The van der Waals surface area contributed by atoms with Crippen molar-refractivity contribution in [2.75, 3.05) is 24.5 Å². The molecule has 1 rings (SSSR count). The summed E-state index contributed by atoms with van der Waals surface area (Å²) in [5.74, 6) is 0. The van der Waals surface area contributed by atoms with E-state index in [2.05, 4.69) is 20.8 Å². The fourth-order valence-corrected chi connectivity index (χ4v) is 2.47. The molecule has 0 radical (unpaired) electrons. The number of nitrogens with zero attached hydrogens (tertiary/aromatic N) is 1. The minimum atomic E-state index is -4.31. The predicted octanol–water partition coefficient (Wildman–Crippen LogP) is 4.03. The van der Waals surface area contributed by atoms with E-state index in [0.717, 1.165) is 43.8 Å². The molecule has 0 aromatic heterocycles. The molecular formula is C13H18BrF3N2. The number of benzene rings is 1. The van der Waals surface area contributed by atoms with E-state index < -0.39 is 11.7 Å². The molecule has 0 aliphatic carbocycles. The van der Waals surface area contributed by atoms with Crippen LogP contribution in [0.15, 0.2) is 22.7 Å². The lowest BCUT2D eigenvalue weighted by atomic mass is 10.1. The molecule has 6 heteroatoms. The van der Waals surface area contributed by atoms with Gasteiger partial charge in [-0.25, -0.2) is 0 Å². The molecule has 0 atom stereocenters. The Kier molecular flexibility index (Phi) is 6.13. The standard InChI is InChI=1S/C13H18BrF3N2/c1-2-7-19(8-3-6-18)12-5-4-10(9-11(12)14)13(15,16)17/h4-5,9H,2-3,6-8,18H2,1H3. The van der Waals surface area contributed by atoms with E-state index in [1.165, 1.54) is 6.07 Å². The number of hydrogen-bond donors (Lipinski definition) is 1. The lowest BCUT2D eigenvalue weighted by Gasteiger charge is -2.26. The number of nitrogens with two attached hydrogens (primary N) is 1. The maximum absolute atomic E-state index is 12.6. The van der Waals surface area contributed by atoms with E-state index in [4.69, 9.17) is 5.73 Å². The van der Waals surface area contributed by atoms with Crippen LogP contribution < -0.4 is 10.6 Å². The van der Waals surface area contributed by atoms with Crippen molar-refractivity contribution in [2.24, 2.45) is 5.73 Å². The first-order valence-electron chi connectivity index (χ1n) is 6.22. The molecule has 2 N–H and O–H groups in total.